The molecule has 1 aromatic carbocycles. The molecule has 0 saturated carbocycles. The van der Waals surface area contributed by atoms with Crippen molar-refractivity contribution in [2.45, 2.75) is 13.8 Å². The number of carbonyl (C=O) groups excluding carboxylic acids is 1. The van der Waals surface area contributed by atoms with Crippen molar-refractivity contribution in [1.29, 1.82) is 5.26 Å². The van der Waals surface area contributed by atoms with Crippen molar-refractivity contribution >= 4 is 33.9 Å². The number of hydrogen-bond acceptors (Lipinski definition) is 5. The minimum Gasteiger partial charge on any atom is -0.465 e. The Bertz CT molecular complexity index is 961. The first-order chi connectivity index (χ1) is 12.1. The van der Waals surface area contributed by atoms with E-state index in [0.717, 1.165) is 11.1 Å². The lowest BCUT2D eigenvalue weighted by molar-refractivity contribution is -0.114. The van der Waals surface area contributed by atoms with Crippen LogP contribution in [0.1, 0.15) is 23.3 Å². The molecule has 5 nitrogen and oxygen atoms in total. The van der Waals surface area contributed by atoms with Gasteiger partial charge in [0.15, 0.2) is 0 Å². The molecule has 3 rings (SSSR count). The summed E-state index contributed by atoms with van der Waals surface area (Å²) in [5, 5.41) is 13.4. The molecule has 0 aliphatic carbocycles. The lowest BCUT2D eigenvalue weighted by atomic mass is 10.1. The van der Waals surface area contributed by atoms with E-state index in [1.165, 1.54) is 18.3 Å². The Labute approximate surface area is 149 Å². The van der Waals surface area contributed by atoms with E-state index in [4.69, 9.17) is 4.42 Å². The fraction of sp³-hybridized carbons (Fsp3) is 0.105. The van der Waals surface area contributed by atoms with Gasteiger partial charge in [-0.3, -0.25) is 4.79 Å². The van der Waals surface area contributed by atoms with Gasteiger partial charge in [0.05, 0.1) is 11.8 Å². The highest BCUT2D eigenvalue weighted by atomic mass is 32.1. The van der Waals surface area contributed by atoms with Gasteiger partial charge < -0.3 is 9.73 Å². The summed E-state index contributed by atoms with van der Waals surface area (Å²) >= 11 is 1.27. The molecule has 0 spiro atoms. The van der Waals surface area contributed by atoms with E-state index >= 15 is 0 Å². The molecule has 2 aromatic heterocycles. The van der Waals surface area contributed by atoms with Gasteiger partial charge in [0.25, 0.3) is 0 Å². The molecule has 0 unspecified atom stereocenters. The number of anilines is 1. The van der Waals surface area contributed by atoms with E-state index in [9.17, 15) is 10.1 Å². The molecule has 0 bridgehead atoms. The van der Waals surface area contributed by atoms with Gasteiger partial charge in [-0.05, 0) is 19.1 Å². The standard InChI is InChI=1S/C19H15N3O2S/c1-12-5-7-14(8-6-12)17-19(21-13(2)23)25-18(22-17)15(11-20)10-16-4-3-9-24-16/h3-10H,1-2H3,(H,21,23)/b15-10+. The van der Waals surface area contributed by atoms with Gasteiger partial charge in [-0.25, -0.2) is 4.98 Å². The predicted octanol–water partition coefficient (Wildman–Crippen LogP) is 4.73. The molecule has 25 heavy (non-hydrogen) atoms. The smallest absolute Gasteiger partial charge is 0.221 e. The fourth-order valence-corrected chi connectivity index (χ4v) is 3.24. The van der Waals surface area contributed by atoms with Gasteiger partial charge in [0.2, 0.25) is 5.91 Å². The summed E-state index contributed by atoms with van der Waals surface area (Å²) in [5.74, 6) is 0.391. The number of hydrogen-bond donors (Lipinski definition) is 1. The van der Waals surface area contributed by atoms with E-state index in [-0.39, 0.29) is 5.91 Å². The van der Waals surface area contributed by atoms with Crippen LogP contribution in [0.5, 0.6) is 0 Å². The zero-order valence-corrected chi connectivity index (χ0v) is 14.6. The predicted molar refractivity (Wildman–Crippen MR) is 98.8 cm³/mol. The minimum absolute atomic E-state index is 0.183. The number of rotatable bonds is 4. The molecule has 0 fully saturated rings. The second-order valence-electron chi connectivity index (χ2n) is 5.43. The van der Waals surface area contributed by atoms with Gasteiger partial charge in [0.1, 0.15) is 27.5 Å². The second kappa shape index (κ2) is 7.16. The van der Waals surface area contributed by atoms with Crippen molar-refractivity contribution in [2.75, 3.05) is 5.32 Å². The number of benzene rings is 1. The van der Waals surface area contributed by atoms with Gasteiger partial charge in [-0.2, -0.15) is 5.26 Å². The quantitative estimate of drug-likeness (QED) is 0.690. The van der Waals surface area contributed by atoms with Crippen LogP contribution in [-0.2, 0) is 4.79 Å². The van der Waals surface area contributed by atoms with E-state index in [1.54, 1.807) is 24.5 Å². The van der Waals surface area contributed by atoms with Crippen molar-refractivity contribution in [1.82, 2.24) is 4.98 Å². The highest BCUT2D eigenvalue weighted by molar-refractivity contribution is 7.17. The maximum Gasteiger partial charge on any atom is 0.221 e. The Hall–Kier alpha value is -3.17. The average Bonchev–Trinajstić information content (AvgIpc) is 3.23. The molecular formula is C19H15N3O2S. The zero-order chi connectivity index (χ0) is 17.8. The maximum atomic E-state index is 11.5. The summed E-state index contributed by atoms with van der Waals surface area (Å²) in [7, 11) is 0. The van der Waals surface area contributed by atoms with Crippen LogP contribution in [0.2, 0.25) is 0 Å². The number of thiazole rings is 1. The monoisotopic (exact) mass is 349 g/mol. The summed E-state index contributed by atoms with van der Waals surface area (Å²) in [4.78, 5) is 16.1. The minimum atomic E-state index is -0.183. The van der Waals surface area contributed by atoms with Crippen molar-refractivity contribution in [3.63, 3.8) is 0 Å². The first-order valence-corrected chi connectivity index (χ1v) is 8.39. The topological polar surface area (TPSA) is 78.9 Å². The van der Waals surface area contributed by atoms with Crippen LogP contribution in [0.25, 0.3) is 22.9 Å². The van der Waals surface area contributed by atoms with E-state index in [0.29, 0.717) is 27.0 Å². The first kappa shape index (κ1) is 16.7. The number of nitriles is 1. The number of carbonyl (C=O) groups is 1. The number of aromatic nitrogens is 1. The van der Waals surface area contributed by atoms with Gasteiger partial charge >= 0.3 is 0 Å². The molecule has 1 N–H and O–H groups in total. The number of allylic oxidation sites excluding steroid dienone is 1. The number of amides is 1. The largest absolute Gasteiger partial charge is 0.465 e. The molecule has 0 radical (unpaired) electrons. The molecule has 2 heterocycles. The van der Waals surface area contributed by atoms with Gasteiger partial charge in [-0.15, -0.1) is 0 Å². The van der Waals surface area contributed by atoms with Crippen LogP contribution < -0.4 is 5.32 Å². The maximum absolute atomic E-state index is 11.5. The summed E-state index contributed by atoms with van der Waals surface area (Å²) in [5.41, 5.74) is 3.04. The third-order valence-electron chi connectivity index (χ3n) is 3.42. The van der Waals surface area contributed by atoms with Crippen LogP contribution in [0.3, 0.4) is 0 Å². The average molecular weight is 349 g/mol. The zero-order valence-electron chi connectivity index (χ0n) is 13.7. The third-order valence-corrected chi connectivity index (χ3v) is 4.43. The lowest BCUT2D eigenvalue weighted by Crippen LogP contribution is -2.05. The normalized spacial score (nSPS) is 11.2. The molecule has 3 aromatic rings. The lowest BCUT2D eigenvalue weighted by Gasteiger charge is -2.03. The van der Waals surface area contributed by atoms with Crippen molar-refractivity contribution in [3.05, 3.63) is 59.0 Å². The van der Waals surface area contributed by atoms with Crippen molar-refractivity contribution < 1.29 is 9.21 Å². The molecule has 1 amide bonds. The van der Waals surface area contributed by atoms with E-state index in [1.807, 2.05) is 31.2 Å². The number of nitrogens with zero attached hydrogens (tertiary/aromatic N) is 2. The summed E-state index contributed by atoms with van der Waals surface area (Å²) < 4.78 is 5.27. The molecule has 6 heteroatoms. The molecule has 124 valence electrons. The SMILES string of the molecule is CC(=O)Nc1sc(/C(C#N)=C/c2ccco2)nc1-c1ccc(C)cc1. The first-order valence-electron chi connectivity index (χ1n) is 7.58. The molecular weight excluding hydrogens is 334 g/mol. The fourth-order valence-electron chi connectivity index (χ4n) is 2.24. The summed E-state index contributed by atoms with van der Waals surface area (Å²) in [6.07, 6.45) is 3.18. The number of aryl methyl sites for hydroxylation is 1. The molecule has 0 aliphatic heterocycles. The number of furan rings is 1. The third kappa shape index (κ3) is 3.84. The Morgan fingerprint density at radius 2 is 2.08 bits per heavy atom. The van der Waals surface area contributed by atoms with E-state index in [2.05, 4.69) is 16.4 Å². The highest BCUT2D eigenvalue weighted by Gasteiger charge is 2.17. The van der Waals surface area contributed by atoms with Crippen LogP contribution in [0.15, 0.2) is 47.1 Å². The van der Waals surface area contributed by atoms with Gasteiger partial charge in [-0.1, -0.05) is 41.2 Å². The molecule has 0 saturated heterocycles. The Kier molecular flexibility index (Phi) is 4.78. The van der Waals surface area contributed by atoms with Crippen LogP contribution in [0.4, 0.5) is 5.00 Å². The highest BCUT2D eigenvalue weighted by Crippen LogP contribution is 2.36. The second-order valence-corrected chi connectivity index (χ2v) is 6.43. The summed E-state index contributed by atoms with van der Waals surface area (Å²) in [6, 6.07) is 13.5. The molecule has 0 atom stereocenters. The number of nitrogens with one attached hydrogen (secondary N) is 1. The molecule has 0 aliphatic rings. The van der Waals surface area contributed by atoms with Gasteiger partial charge in [0, 0.05) is 18.6 Å². The Morgan fingerprint density at radius 3 is 2.68 bits per heavy atom. The van der Waals surface area contributed by atoms with Crippen LogP contribution in [-0.4, -0.2) is 10.9 Å². The Morgan fingerprint density at radius 1 is 1.32 bits per heavy atom. The Balaban J connectivity index is 2.08. The van der Waals surface area contributed by atoms with E-state index < -0.39 is 0 Å². The van der Waals surface area contributed by atoms with Crippen LogP contribution in [0, 0.1) is 18.3 Å². The van der Waals surface area contributed by atoms with Crippen molar-refractivity contribution in [2.24, 2.45) is 0 Å². The summed E-state index contributed by atoms with van der Waals surface area (Å²) in [6.45, 7) is 3.45. The van der Waals surface area contributed by atoms with Crippen molar-refractivity contribution in [3.8, 4) is 17.3 Å². The van der Waals surface area contributed by atoms with Crippen LogP contribution >= 0.6 is 11.3 Å².